The van der Waals surface area contributed by atoms with Gasteiger partial charge in [0.25, 0.3) is 0 Å². The van der Waals surface area contributed by atoms with Gasteiger partial charge in [-0.25, -0.2) is 9.52 Å². The lowest BCUT2D eigenvalue weighted by Crippen LogP contribution is -2.47. The molecule has 0 atom stereocenters. The summed E-state index contributed by atoms with van der Waals surface area (Å²) in [5.74, 6) is 0.251. The number of anilines is 1. The van der Waals surface area contributed by atoms with Gasteiger partial charge in [-0.05, 0) is 0 Å². The number of methoxy groups -OCH3 is 2. The number of nitrogens with one attached hydrogen (secondary N) is 2. The molecule has 0 aliphatic carbocycles. The summed E-state index contributed by atoms with van der Waals surface area (Å²) in [4.78, 5) is 15.7. The minimum atomic E-state index is -4.08. The van der Waals surface area contributed by atoms with Gasteiger partial charge in [-0.3, -0.25) is 0 Å². The van der Waals surface area contributed by atoms with Crippen molar-refractivity contribution in [2.75, 3.05) is 32.6 Å². The molecule has 0 saturated carbocycles. The Morgan fingerprint density at radius 2 is 1.90 bits per heavy atom. The van der Waals surface area contributed by atoms with E-state index in [-0.39, 0.29) is 11.7 Å². The van der Waals surface area contributed by atoms with E-state index in [0.717, 1.165) is 0 Å². The van der Waals surface area contributed by atoms with E-state index in [2.05, 4.69) is 10.3 Å². The molecule has 0 spiro atoms. The Hall–Kier alpha value is -2.07. The lowest BCUT2D eigenvalue weighted by atomic mass is 10.4. The number of rotatable bonds is 5. The molecule has 0 bridgehead atoms. The van der Waals surface area contributed by atoms with Crippen molar-refractivity contribution < 1.29 is 22.7 Å². The fraction of sp³-hybridized carbons (Fsp3) is 0.400. The van der Waals surface area contributed by atoms with Gasteiger partial charge in [0.2, 0.25) is 5.88 Å². The molecule has 0 aromatic carbocycles. The molecule has 0 fully saturated rings. The number of urea groups is 1. The second-order valence-electron chi connectivity index (χ2n) is 3.44. The Balaban J connectivity index is 3.45. The van der Waals surface area contributed by atoms with Gasteiger partial charge in [0.05, 0.1) is 14.2 Å². The molecular formula is C10H16N4O5S. The van der Waals surface area contributed by atoms with E-state index in [9.17, 15) is 13.2 Å². The van der Waals surface area contributed by atoms with Crippen molar-refractivity contribution in [1.29, 1.82) is 0 Å². The molecule has 0 saturated heterocycles. The first-order valence-corrected chi connectivity index (χ1v) is 6.89. The minimum Gasteiger partial charge on any atom is -0.496 e. The lowest BCUT2D eigenvalue weighted by molar-refractivity contribution is 0.251. The number of amides is 2. The number of ether oxygens (including phenoxy) is 2. The maximum Gasteiger partial charge on any atom is 0.337 e. The van der Waals surface area contributed by atoms with Crippen molar-refractivity contribution in [3.8, 4) is 11.6 Å². The van der Waals surface area contributed by atoms with Gasteiger partial charge in [-0.1, -0.05) is 0 Å². The molecule has 0 aliphatic heterocycles. The number of hydrogen-bond donors (Lipinski definition) is 2. The number of hydrogen-bond acceptors (Lipinski definition) is 6. The topological polar surface area (TPSA) is 110 Å². The summed E-state index contributed by atoms with van der Waals surface area (Å²) in [6, 6.07) is 1.88. The van der Waals surface area contributed by atoms with Gasteiger partial charge in [0.15, 0.2) is 5.82 Å². The van der Waals surface area contributed by atoms with E-state index in [1.807, 2.05) is 4.72 Å². The third kappa shape index (κ3) is 3.27. The van der Waals surface area contributed by atoms with E-state index in [0.29, 0.717) is 10.1 Å². The van der Waals surface area contributed by atoms with Crippen molar-refractivity contribution in [3.05, 3.63) is 12.1 Å². The second kappa shape index (κ2) is 6.39. The molecule has 2 N–H and O–H groups in total. The predicted molar refractivity (Wildman–Crippen MR) is 72.3 cm³/mol. The molecular weight excluding hydrogens is 288 g/mol. The standard InChI is InChI=1S/C10H16N4O5S/c1-11-10(15)14(20(16,17)12-2)8-5-7(18-3)6-9(13-8)19-4/h5-6,12H,1-4H3,(H,11,15). The zero-order valence-corrected chi connectivity index (χ0v) is 12.3. The van der Waals surface area contributed by atoms with Crippen LogP contribution in [0.3, 0.4) is 0 Å². The molecule has 1 aromatic heterocycles. The van der Waals surface area contributed by atoms with Crippen LogP contribution < -0.4 is 23.8 Å². The third-order valence-electron chi connectivity index (χ3n) is 2.31. The quantitative estimate of drug-likeness (QED) is 0.773. The highest BCUT2D eigenvalue weighted by Crippen LogP contribution is 2.25. The lowest BCUT2D eigenvalue weighted by Gasteiger charge is -2.20. The average molecular weight is 304 g/mol. The molecule has 1 rings (SSSR count). The van der Waals surface area contributed by atoms with Gasteiger partial charge in [0.1, 0.15) is 5.75 Å². The third-order valence-corrected chi connectivity index (χ3v) is 3.66. The first-order valence-electron chi connectivity index (χ1n) is 5.45. The Labute approximate surface area is 117 Å². The van der Waals surface area contributed by atoms with Crippen LogP contribution in [-0.4, -0.2) is 47.7 Å². The smallest absolute Gasteiger partial charge is 0.337 e. The van der Waals surface area contributed by atoms with Crippen molar-refractivity contribution in [2.45, 2.75) is 0 Å². The first-order chi connectivity index (χ1) is 9.39. The number of aromatic nitrogens is 1. The molecule has 2 amide bonds. The monoisotopic (exact) mass is 304 g/mol. The molecule has 1 aromatic rings. The first kappa shape index (κ1) is 16.0. The summed E-state index contributed by atoms with van der Waals surface area (Å²) >= 11 is 0. The predicted octanol–water partition coefficient (Wildman–Crippen LogP) is -0.291. The van der Waals surface area contributed by atoms with E-state index in [1.165, 1.54) is 40.4 Å². The van der Waals surface area contributed by atoms with Crippen LogP contribution in [0.4, 0.5) is 10.6 Å². The van der Waals surface area contributed by atoms with Crippen molar-refractivity contribution in [1.82, 2.24) is 15.0 Å². The van der Waals surface area contributed by atoms with E-state index < -0.39 is 16.2 Å². The Morgan fingerprint density at radius 3 is 2.35 bits per heavy atom. The van der Waals surface area contributed by atoms with E-state index in [4.69, 9.17) is 9.47 Å². The van der Waals surface area contributed by atoms with Crippen molar-refractivity contribution in [2.24, 2.45) is 0 Å². The van der Waals surface area contributed by atoms with Crippen LogP contribution in [0.1, 0.15) is 0 Å². The number of nitrogens with zero attached hydrogens (tertiary/aromatic N) is 2. The van der Waals surface area contributed by atoms with E-state index >= 15 is 0 Å². The minimum absolute atomic E-state index is 0.111. The normalized spacial score (nSPS) is 10.8. The van der Waals surface area contributed by atoms with Crippen molar-refractivity contribution in [3.63, 3.8) is 0 Å². The maximum absolute atomic E-state index is 11.9. The van der Waals surface area contributed by atoms with Gasteiger partial charge in [0, 0.05) is 26.2 Å². The highest BCUT2D eigenvalue weighted by Gasteiger charge is 2.29. The average Bonchev–Trinajstić information content (AvgIpc) is 2.46. The largest absolute Gasteiger partial charge is 0.496 e. The van der Waals surface area contributed by atoms with Crippen LogP contribution in [0.2, 0.25) is 0 Å². The summed E-state index contributed by atoms with van der Waals surface area (Å²) < 4.78 is 36.3. The van der Waals surface area contributed by atoms with Crippen LogP contribution in [-0.2, 0) is 10.2 Å². The van der Waals surface area contributed by atoms with Gasteiger partial charge < -0.3 is 14.8 Å². The highest BCUT2D eigenvalue weighted by molar-refractivity contribution is 7.91. The summed E-state index contributed by atoms with van der Waals surface area (Å²) in [6.07, 6.45) is 0. The highest BCUT2D eigenvalue weighted by atomic mass is 32.2. The number of carbonyl (C=O) groups excluding carboxylic acids is 1. The van der Waals surface area contributed by atoms with Crippen LogP contribution in [0, 0.1) is 0 Å². The molecule has 1 heterocycles. The molecule has 20 heavy (non-hydrogen) atoms. The summed E-state index contributed by atoms with van der Waals surface area (Å²) in [5.41, 5.74) is 0. The Bertz CT molecular complexity index is 567. The molecule has 0 aliphatic rings. The van der Waals surface area contributed by atoms with Crippen molar-refractivity contribution >= 4 is 22.1 Å². The maximum atomic E-state index is 11.9. The zero-order valence-electron chi connectivity index (χ0n) is 11.5. The summed E-state index contributed by atoms with van der Waals surface area (Å²) in [7, 11) is 1.17. The molecule has 10 heteroatoms. The van der Waals surface area contributed by atoms with Crippen LogP contribution in [0.15, 0.2) is 12.1 Å². The van der Waals surface area contributed by atoms with E-state index in [1.54, 1.807) is 0 Å². The van der Waals surface area contributed by atoms with Gasteiger partial charge in [-0.15, -0.1) is 0 Å². The van der Waals surface area contributed by atoms with Gasteiger partial charge >= 0.3 is 16.2 Å². The van der Waals surface area contributed by atoms with Crippen LogP contribution >= 0.6 is 0 Å². The Morgan fingerprint density at radius 1 is 1.25 bits per heavy atom. The molecule has 0 unspecified atom stereocenters. The number of carbonyl (C=O) groups is 1. The molecule has 0 radical (unpaired) electrons. The summed E-state index contributed by atoms with van der Waals surface area (Å²) in [5, 5.41) is 2.23. The molecule has 9 nitrogen and oxygen atoms in total. The summed E-state index contributed by atoms with van der Waals surface area (Å²) in [6.45, 7) is 0. The van der Waals surface area contributed by atoms with Crippen LogP contribution in [0.25, 0.3) is 0 Å². The second-order valence-corrected chi connectivity index (χ2v) is 5.16. The Kier molecular flexibility index (Phi) is 5.11. The van der Waals surface area contributed by atoms with Gasteiger partial charge in [-0.2, -0.15) is 17.7 Å². The fourth-order valence-electron chi connectivity index (χ4n) is 1.32. The number of pyridine rings is 1. The molecule has 112 valence electrons. The van der Waals surface area contributed by atoms with Crippen LogP contribution in [0.5, 0.6) is 11.6 Å². The zero-order chi connectivity index (χ0) is 15.3. The fourth-order valence-corrected chi connectivity index (χ4v) is 2.16. The SMILES string of the molecule is CNC(=O)N(c1cc(OC)cc(OC)n1)S(=O)(=O)NC.